The molecule has 6 nitrogen and oxygen atoms in total. The molecule has 3 rings (SSSR count). The molecule has 1 fully saturated rings. The summed E-state index contributed by atoms with van der Waals surface area (Å²) in [5, 5.41) is 24.1. The molecular formula is C16H18ClN3O3. The van der Waals surface area contributed by atoms with Gasteiger partial charge in [0.15, 0.2) is 0 Å². The van der Waals surface area contributed by atoms with Crippen molar-refractivity contribution in [3.63, 3.8) is 0 Å². The fourth-order valence-corrected chi connectivity index (χ4v) is 3.05. The largest absolute Gasteiger partial charge is 0.478 e. The number of β-amino-alcohol motifs (C(OH)–C–C–N with tert-alkyl or cyclic N) is 1. The van der Waals surface area contributed by atoms with E-state index in [9.17, 15) is 9.90 Å². The molecule has 1 aliphatic rings. The third-order valence-electron chi connectivity index (χ3n) is 4.17. The highest BCUT2D eigenvalue weighted by molar-refractivity contribution is 6.30. The molecule has 2 unspecified atom stereocenters. The number of carbonyl (C=O) groups is 1. The van der Waals surface area contributed by atoms with E-state index in [0.717, 1.165) is 25.1 Å². The molecule has 0 bridgehead atoms. The summed E-state index contributed by atoms with van der Waals surface area (Å²) in [6.45, 7) is 2.20. The van der Waals surface area contributed by atoms with Crippen LogP contribution in [0.4, 0.5) is 0 Å². The van der Waals surface area contributed by atoms with Crippen LogP contribution < -0.4 is 0 Å². The van der Waals surface area contributed by atoms with Crippen LogP contribution >= 0.6 is 11.6 Å². The highest BCUT2D eigenvalue weighted by Gasteiger charge is 2.26. The second kappa shape index (κ2) is 6.70. The number of aliphatic hydroxyl groups excluding tert-OH is 1. The number of nitrogens with zero attached hydrogens (tertiary/aromatic N) is 3. The van der Waals surface area contributed by atoms with Gasteiger partial charge in [0.2, 0.25) is 0 Å². The molecule has 7 heteroatoms. The van der Waals surface area contributed by atoms with Crippen molar-refractivity contribution in [2.75, 3.05) is 19.6 Å². The number of hydrogen-bond donors (Lipinski definition) is 2. The Morgan fingerprint density at radius 3 is 2.74 bits per heavy atom. The lowest BCUT2D eigenvalue weighted by Gasteiger charge is -2.20. The van der Waals surface area contributed by atoms with Gasteiger partial charge in [0.25, 0.3) is 0 Å². The first-order chi connectivity index (χ1) is 11.0. The SMILES string of the molecule is O=C(O)c1ccc(C(O)CN2CCC(n3cc(Cl)cn3)C2)cc1. The second-order valence-corrected chi connectivity index (χ2v) is 6.22. The lowest BCUT2D eigenvalue weighted by molar-refractivity contribution is 0.0696. The zero-order valence-electron chi connectivity index (χ0n) is 12.5. The first-order valence-electron chi connectivity index (χ1n) is 7.46. The van der Waals surface area contributed by atoms with Crippen molar-refractivity contribution >= 4 is 17.6 Å². The maximum Gasteiger partial charge on any atom is 0.335 e. The first-order valence-corrected chi connectivity index (χ1v) is 7.84. The van der Waals surface area contributed by atoms with Gasteiger partial charge in [-0.1, -0.05) is 23.7 Å². The highest BCUT2D eigenvalue weighted by atomic mass is 35.5. The monoisotopic (exact) mass is 335 g/mol. The number of aromatic nitrogens is 2. The topological polar surface area (TPSA) is 78.6 Å². The van der Waals surface area contributed by atoms with E-state index in [0.29, 0.717) is 11.6 Å². The molecule has 2 N–H and O–H groups in total. The fraction of sp³-hybridized carbons (Fsp3) is 0.375. The van der Waals surface area contributed by atoms with Gasteiger partial charge in [-0.2, -0.15) is 5.10 Å². The van der Waals surface area contributed by atoms with Gasteiger partial charge in [0, 0.05) is 25.8 Å². The molecule has 1 aromatic carbocycles. The Kier molecular flexibility index (Phi) is 4.66. The predicted octanol–water partition coefficient (Wildman–Crippen LogP) is 2.22. The van der Waals surface area contributed by atoms with Crippen LogP contribution in [0.25, 0.3) is 0 Å². The van der Waals surface area contributed by atoms with E-state index in [2.05, 4.69) is 10.00 Å². The van der Waals surface area contributed by atoms with Gasteiger partial charge < -0.3 is 10.2 Å². The minimum absolute atomic E-state index is 0.220. The number of aliphatic hydroxyl groups is 1. The quantitative estimate of drug-likeness (QED) is 0.876. The minimum atomic E-state index is -0.966. The van der Waals surface area contributed by atoms with E-state index in [1.807, 2.05) is 10.9 Å². The zero-order valence-corrected chi connectivity index (χ0v) is 13.2. The Labute approximate surface area is 138 Å². The zero-order chi connectivity index (χ0) is 16.4. The summed E-state index contributed by atoms with van der Waals surface area (Å²) >= 11 is 5.90. The number of halogens is 1. The summed E-state index contributed by atoms with van der Waals surface area (Å²) in [4.78, 5) is 13.0. The van der Waals surface area contributed by atoms with Crippen LogP contribution in [0.5, 0.6) is 0 Å². The van der Waals surface area contributed by atoms with Gasteiger partial charge in [-0.15, -0.1) is 0 Å². The van der Waals surface area contributed by atoms with Crippen LogP contribution in [0.15, 0.2) is 36.7 Å². The number of likely N-dealkylation sites (tertiary alicyclic amines) is 1. The molecule has 122 valence electrons. The normalized spacial score (nSPS) is 19.8. The molecule has 1 aromatic heterocycles. The number of carboxylic acids is 1. The minimum Gasteiger partial charge on any atom is -0.478 e. The van der Waals surface area contributed by atoms with Gasteiger partial charge >= 0.3 is 5.97 Å². The van der Waals surface area contributed by atoms with Gasteiger partial charge in [0.1, 0.15) is 0 Å². The maximum absolute atomic E-state index is 10.8. The third-order valence-corrected chi connectivity index (χ3v) is 4.36. The van der Waals surface area contributed by atoms with Crippen LogP contribution in [0.2, 0.25) is 5.02 Å². The van der Waals surface area contributed by atoms with Crippen molar-refractivity contribution in [2.45, 2.75) is 18.6 Å². The predicted molar refractivity (Wildman–Crippen MR) is 85.7 cm³/mol. The lowest BCUT2D eigenvalue weighted by atomic mass is 10.1. The summed E-state index contributed by atoms with van der Waals surface area (Å²) in [6, 6.07) is 6.62. The molecule has 2 atom stereocenters. The van der Waals surface area contributed by atoms with Crippen LogP contribution in [-0.4, -0.2) is 50.5 Å². The number of carboxylic acid groups (broad SMARTS) is 1. The molecule has 0 amide bonds. The summed E-state index contributed by atoms with van der Waals surface area (Å²) < 4.78 is 1.87. The Morgan fingerprint density at radius 2 is 2.13 bits per heavy atom. The van der Waals surface area contributed by atoms with Crippen LogP contribution in [0, 0.1) is 0 Å². The Bertz CT molecular complexity index is 686. The number of rotatable bonds is 5. The van der Waals surface area contributed by atoms with E-state index < -0.39 is 12.1 Å². The van der Waals surface area contributed by atoms with Crippen molar-refractivity contribution in [1.29, 1.82) is 0 Å². The standard InChI is InChI=1S/C16H18ClN3O3/c17-13-7-18-20(8-13)14-5-6-19(9-14)10-15(21)11-1-3-12(4-2-11)16(22)23/h1-4,7-8,14-15,21H,5-6,9-10H2,(H,22,23). The van der Waals surface area contributed by atoms with E-state index in [4.69, 9.17) is 16.7 Å². The maximum atomic E-state index is 10.8. The summed E-state index contributed by atoms with van der Waals surface area (Å²) in [5.74, 6) is -0.966. The number of hydrogen-bond acceptors (Lipinski definition) is 4. The smallest absolute Gasteiger partial charge is 0.335 e. The van der Waals surface area contributed by atoms with E-state index >= 15 is 0 Å². The molecule has 23 heavy (non-hydrogen) atoms. The van der Waals surface area contributed by atoms with Crippen molar-refractivity contribution < 1.29 is 15.0 Å². The van der Waals surface area contributed by atoms with Crippen LogP contribution in [-0.2, 0) is 0 Å². The summed E-state index contributed by atoms with van der Waals surface area (Å²) in [6.07, 6.45) is 3.76. The van der Waals surface area contributed by atoms with Gasteiger partial charge in [-0.05, 0) is 24.1 Å². The van der Waals surface area contributed by atoms with Gasteiger partial charge in [-0.3, -0.25) is 9.58 Å². The molecule has 1 saturated heterocycles. The second-order valence-electron chi connectivity index (χ2n) is 5.78. The molecule has 2 aromatic rings. The molecule has 0 aliphatic carbocycles. The molecule has 0 spiro atoms. The van der Waals surface area contributed by atoms with Gasteiger partial charge in [0.05, 0.1) is 28.9 Å². The first kappa shape index (κ1) is 16.0. The molecule has 1 aliphatic heterocycles. The summed E-state index contributed by atoms with van der Waals surface area (Å²) in [5.41, 5.74) is 0.943. The third kappa shape index (κ3) is 3.72. The Balaban J connectivity index is 1.58. The fourth-order valence-electron chi connectivity index (χ4n) is 2.91. The van der Waals surface area contributed by atoms with Crippen molar-refractivity contribution in [3.8, 4) is 0 Å². The Hall–Kier alpha value is -1.89. The van der Waals surface area contributed by atoms with Crippen molar-refractivity contribution in [1.82, 2.24) is 14.7 Å². The molecule has 2 heterocycles. The average Bonchev–Trinajstić information content (AvgIpc) is 3.16. The summed E-state index contributed by atoms with van der Waals surface area (Å²) in [7, 11) is 0. The number of aromatic carboxylic acids is 1. The molecule has 0 radical (unpaired) electrons. The highest BCUT2D eigenvalue weighted by Crippen LogP contribution is 2.24. The van der Waals surface area contributed by atoms with Crippen LogP contribution in [0.3, 0.4) is 0 Å². The number of benzene rings is 1. The molecule has 0 saturated carbocycles. The molecular weight excluding hydrogens is 318 g/mol. The van der Waals surface area contributed by atoms with Gasteiger partial charge in [-0.25, -0.2) is 4.79 Å². The van der Waals surface area contributed by atoms with Crippen molar-refractivity contribution in [2.24, 2.45) is 0 Å². The van der Waals surface area contributed by atoms with E-state index in [-0.39, 0.29) is 11.6 Å². The van der Waals surface area contributed by atoms with E-state index in [1.54, 1.807) is 18.3 Å². The average molecular weight is 336 g/mol. The lowest BCUT2D eigenvalue weighted by Crippen LogP contribution is -2.27. The van der Waals surface area contributed by atoms with E-state index in [1.165, 1.54) is 12.1 Å². The van der Waals surface area contributed by atoms with Crippen LogP contribution in [0.1, 0.15) is 34.5 Å². The van der Waals surface area contributed by atoms with Crippen molar-refractivity contribution in [3.05, 3.63) is 52.8 Å². The Morgan fingerprint density at radius 1 is 1.39 bits per heavy atom.